The van der Waals surface area contributed by atoms with Crippen LogP contribution in [0.5, 0.6) is 5.75 Å². The highest BCUT2D eigenvalue weighted by Crippen LogP contribution is 2.17. The average molecular weight is 193 g/mol. The van der Waals surface area contributed by atoms with Gasteiger partial charge in [0, 0.05) is 10.5 Å². The van der Waals surface area contributed by atoms with Gasteiger partial charge in [0.2, 0.25) is 6.54 Å². The van der Waals surface area contributed by atoms with Crippen molar-refractivity contribution < 1.29 is 9.66 Å². The largest absolute Gasteiger partial charge is 0.497 e. The zero-order chi connectivity index (χ0) is 10.6. The van der Waals surface area contributed by atoms with E-state index in [1.165, 1.54) is 0 Å². The summed E-state index contributed by atoms with van der Waals surface area (Å²) in [6.07, 6.45) is 0. The van der Waals surface area contributed by atoms with Crippen LogP contribution in [0, 0.1) is 10.1 Å². The minimum absolute atomic E-state index is 0.230. The van der Waals surface area contributed by atoms with Crippen LogP contribution >= 0.6 is 0 Å². The number of nitro groups is 1. The van der Waals surface area contributed by atoms with E-state index >= 15 is 0 Å². The van der Waals surface area contributed by atoms with E-state index in [1.807, 2.05) is 0 Å². The van der Waals surface area contributed by atoms with Crippen molar-refractivity contribution in [3.8, 4) is 5.75 Å². The molecule has 1 aromatic carbocycles. The van der Waals surface area contributed by atoms with E-state index in [0.717, 1.165) is 11.3 Å². The van der Waals surface area contributed by atoms with Crippen molar-refractivity contribution in [2.75, 3.05) is 13.7 Å². The Bertz CT molecular complexity index is 343. The molecule has 0 radical (unpaired) electrons. The first-order valence-electron chi connectivity index (χ1n) is 4.07. The molecule has 0 aromatic heterocycles. The Morgan fingerprint density at radius 2 is 2.07 bits per heavy atom. The quantitative estimate of drug-likeness (QED) is 0.542. The second-order valence-electron chi connectivity index (χ2n) is 2.82. The summed E-state index contributed by atoms with van der Waals surface area (Å²) in [6.45, 7) is 3.41. The lowest BCUT2D eigenvalue weighted by atomic mass is 10.1. The molecule has 4 nitrogen and oxygen atoms in total. The molecular weight excluding hydrogens is 182 g/mol. The van der Waals surface area contributed by atoms with Crippen molar-refractivity contribution in [2.45, 2.75) is 0 Å². The van der Waals surface area contributed by atoms with Crippen LogP contribution in [-0.4, -0.2) is 18.6 Å². The standard InChI is InChI=1S/C10H11NO3/c1-8(7-11(12)13)9-3-5-10(14-2)6-4-9/h3-6H,1,7H2,2H3. The van der Waals surface area contributed by atoms with E-state index in [0.29, 0.717) is 5.57 Å². The van der Waals surface area contributed by atoms with Crippen molar-refractivity contribution in [2.24, 2.45) is 0 Å². The fourth-order valence-electron chi connectivity index (χ4n) is 1.07. The molecule has 0 N–H and O–H groups in total. The first-order valence-corrected chi connectivity index (χ1v) is 4.07. The Morgan fingerprint density at radius 1 is 1.50 bits per heavy atom. The molecular formula is C10H11NO3. The predicted molar refractivity (Wildman–Crippen MR) is 53.9 cm³/mol. The zero-order valence-corrected chi connectivity index (χ0v) is 7.90. The Morgan fingerprint density at radius 3 is 2.50 bits per heavy atom. The van der Waals surface area contributed by atoms with E-state index in [4.69, 9.17) is 4.74 Å². The Hall–Kier alpha value is -1.84. The highest BCUT2D eigenvalue weighted by atomic mass is 16.6. The molecule has 0 atom stereocenters. The van der Waals surface area contributed by atoms with Gasteiger partial charge in [-0.15, -0.1) is 0 Å². The Kier molecular flexibility index (Phi) is 3.23. The molecule has 0 spiro atoms. The van der Waals surface area contributed by atoms with E-state index in [2.05, 4.69) is 6.58 Å². The minimum atomic E-state index is -0.396. The van der Waals surface area contributed by atoms with Gasteiger partial charge >= 0.3 is 0 Å². The number of methoxy groups -OCH3 is 1. The maximum Gasteiger partial charge on any atom is 0.228 e. The maximum atomic E-state index is 10.2. The third-order valence-electron chi connectivity index (χ3n) is 1.82. The summed E-state index contributed by atoms with van der Waals surface area (Å²) in [5, 5.41) is 10.2. The SMILES string of the molecule is C=C(C[N+](=O)[O-])c1ccc(OC)cc1. The monoisotopic (exact) mass is 193 g/mol. The topological polar surface area (TPSA) is 52.4 Å². The summed E-state index contributed by atoms with van der Waals surface area (Å²) >= 11 is 0. The average Bonchev–Trinajstić information content (AvgIpc) is 2.17. The molecule has 0 aliphatic rings. The summed E-state index contributed by atoms with van der Waals surface area (Å²) in [6, 6.07) is 7.01. The van der Waals surface area contributed by atoms with Crippen LogP contribution in [0.25, 0.3) is 5.57 Å². The fourth-order valence-corrected chi connectivity index (χ4v) is 1.07. The lowest BCUT2D eigenvalue weighted by Gasteiger charge is -2.02. The summed E-state index contributed by atoms with van der Waals surface area (Å²) in [7, 11) is 1.57. The van der Waals surface area contributed by atoms with Crippen LogP contribution in [0.3, 0.4) is 0 Å². The van der Waals surface area contributed by atoms with E-state index in [-0.39, 0.29) is 6.54 Å². The molecule has 0 heterocycles. The molecule has 0 amide bonds. The number of nitrogens with zero attached hydrogens (tertiary/aromatic N) is 1. The van der Waals surface area contributed by atoms with Gasteiger partial charge in [-0.1, -0.05) is 18.7 Å². The molecule has 0 aliphatic carbocycles. The second kappa shape index (κ2) is 4.41. The Labute approximate surface area is 82.0 Å². The van der Waals surface area contributed by atoms with Gasteiger partial charge in [0.25, 0.3) is 0 Å². The van der Waals surface area contributed by atoms with Crippen molar-refractivity contribution in [1.29, 1.82) is 0 Å². The van der Waals surface area contributed by atoms with Crippen LogP contribution < -0.4 is 4.74 Å². The smallest absolute Gasteiger partial charge is 0.228 e. The second-order valence-corrected chi connectivity index (χ2v) is 2.82. The van der Waals surface area contributed by atoms with Crippen molar-refractivity contribution in [3.63, 3.8) is 0 Å². The van der Waals surface area contributed by atoms with Crippen LogP contribution in [0.2, 0.25) is 0 Å². The Balaban J connectivity index is 2.76. The molecule has 1 rings (SSSR count). The molecule has 1 aromatic rings. The summed E-state index contributed by atoms with van der Waals surface area (Å²) in [5.74, 6) is 0.725. The molecule has 4 heteroatoms. The number of hydrogen-bond donors (Lipinski definition) is 0. The van der Waals surface area contributed by atoms with Crippen LogP contribution in [0.4, 0.5) is 0 Å². The first-order chi connectivity index (χ1) is 6.63. The third kappa shape index (κ3) is 2.58. The van der Waals surface area contributed by atoms with Crippen molar-refractivity contribution in [1.82, 2.24) is 0 Å². The number of benzene rings is 1. The highest BCUT2D eigenvalue weighted by molar-refractivity contribution is 5.64. The number of ether oxygens (including phenoxy) is 1. The van der Waals surface area contributed by atoms with Gasteiger partial charge in [0.1, 0.15) is 5.75 Å². The van der Waals surface area contributed by atoms with Gasteiger partial charge in [0.05, 0.1) is 7.11 Å². The van der Waals surface area contributed by atoms with Gasteiger partial charge < -0.3 is 4.74 Å². The predicted octanol–water partition coefficient (Wildman–Crippen LogP) is 1.99. The van der Waals surface area contributed by atoms with Crippen LogP contribution in [0.15, 0.2) is 30.8 Å². The molecule has 0 unspecified atom stereocenters. The summed E-state index contributed by atoms with van der Waals surface area (Å²) in [4.78, 5) is 9.83. The first kappa shape index (κ1) is 10.2. The number of rotatable bonds is 4. The summed E-state index contributed by atoms with van der Waals surface area (Å²) in [5.41, 5.74) is 1.26. The minimum Gasteiger partial charge on any atom is -0.497 e. The molecule has 0 fully saturated rings. The number of hydrogen-bond acceptors (Lipinski definition) is 3. The van der Waals surface area contributed by atoms with Gasteiger partial charge in [-0.2, -0.15) is 0 Å². The normalized spacial score (nSPS) is 9.50. The van der Waals surface area contributed by atoms with Crippen molar-refractivity contribution in [3.05, 3.63) is 46.5 Å². The molecule has 0 saturated heterocycles. The zero-order valence-electron chi connectivity index (χ0n) is 7.90. The lowest BCUT2D eigenvalue weighted by molar-refractivity contribution is -0.465. The van der Waals surface area contributed by atoms with E-state index < -0.39 is 4.92 Å². The molecule has 74 valence electrons. The third-order valence-corrected chi connectivity index (χ3v) is 1.82. The van der Waals surface area contributed by atoms with Crippen LogP contribution in [-0.2, 0) is 0 Å². The van der Waals surface area contributed by atoms with Crippen molar-refractivity contribution >= 4 is 5.57 Å². The van der Waals surface area contributed by atoms with E-state index in [9.17, 15) is 10.1 Å². The molecule has 0 aliphatic heterocycles. The fraction of sp³-hybridized carbons (Fsp3) is 0.200. The molecule has 14 heavy (non-hydrogen) atoms. The molecule has 0 saturated carbocycles. The van der Waals surface area contributed by atoms with Gasteiger partial charge in [-0.3, -0.25) is 10.1 Å². The van der Waals surface area contributed by atoms with Crippen LogP contribution in [0.1, 0.15) is 5.56 Å². The molecule has 0 bridgehead atoms. The van der Waals surface area contributed by atoms with Gasteiger partial charge in [-0.25, -0.2) is 0 Å². The maximum absolute atomic E-state index is 10.2. The van der Waals surface area contributed by atoms with Gasteiger partial charge in [-0.05, 0) is 17.7 Å². The summed E-state index contributed by atoms with van der Waals surface area (Å²) < 4.78 is 4.97. The highest BCUT2D eigenvalue weighted by Gasteiger charge is 2.05. The van der Waals surface area contributed by atoms with E-state index in [1.54, 1.807) is 31.4 Å². The lowest BCUT2D eigenvalue weighted by Crippen LogP contribution is -2.02. The van der Waals surface area contributed by atoms with Gasteiger partial charge in [0.15, 0.2) is 0 Å².